The van der Waals surface area contributed by atoms with Gasteiger partial charge in [-0.05, 0) is 42.8 Å². The summed E-state index contributed by atoms with van der Waals surface area (Å²) < 4.78 is 26.6. The van der Waals surface area contributed by atoms with Gasteiger partial charge in [-0.15, -0.1) is 0 Å². The average molecular weight is 281 g/mol. The Bertz CT molecular complexity index is 651. The molecule has 0 fully saturated rings. The summed E-state index contributed by atoms with van der Waals surface area (Å²) in [6.45, 7) is 3.73. The molecular formula is C13H11ClNO2S. The van der Waals surface area contributed by atoms with Crippen LogP contribution >= 0.6 is 11.6 Å². The lowest BCUT2D eigenvalue weighted by Gasteiger charge is -2.08. The second-order valence-corrected chi connectivity index (χ2v) is 5.88. The third-order valence-electron chi connectivity index (χ3n) is 2.31. The molecule has 1 N–H and O–H groups in total. The van der Waals surface area contributed by atoms with Gasteiger partial charge in [0.2, 0.25) is 0 Å². The van der Waals surface area contributed by atoms with Crippen molar-refractivity contribution in [2.75, 3.05) is 4.72 Å². The Morgan fingerprint density at radius 2 is 1.72 bits per heavy atom. The zero-order valence-corrected chi connectivity index (χ0v) is 11.0. The molecule has 0 saturated carbocycles. The van der Waals surface area contributed by atoms with Crippen LogP contribution in [0.5, 0.6) is 0 Å². The number of hydrogen-bond donors (Lipinski definition) is 1. The van der Waals surface area contributed by atoms with Crippen LogP contribution in [-0.4, -0.2) is 8.42 Å². The van der Waals surface area contributed by atoms with E-state index >= 15 is 0 Å². The molecule has 1 radical (unpaired) electrons. The molecule has 18 heavy (non-hydrogen) atoms. The van der Waals surface area contributed by atoms with E-state index in [0.717, 1.165) is 5.56 Å². The van der Waals surface area contributed by atoms with E-state index in [2.05, 4.69) is 11.6 Å². The van der Waals surface area contributed by atoms with Crippen molar-refractivity contribution in [1.29, 1.82) is 0 Å². The van der Waals surface area contributed by atoms with E-state index in [9.17, 15) is 8.42 Å². The van der Waals surface area contributed by atoms with Crippen LogP contribution in [0.4, 0.5) is 5.69 Å². The molecule has 0 spiro atoms. The normalized spacial score (nSPS) is 11.2. The first kappa shape index (κ1) is 12.9. The topological polar surface area (TPSA) is 46.2 Å². The minimum atomic E-state index is -3.60. The lowest BCUT2D eigenvalue weighted by Crippen LogP contribution is -2.12. The van der Waals surface area contributed by atoms with Gasteiger partial charge in [0, 0.05) is 10.7 Å². The van der Waals surface area contributed by atoms with Crippen LogP contribution < -0.4 is 4.72 Å². The molecule has 0 aliphatic heterocycles. The van der Waals surface area contributed by atoms with Gasteiger partial charge in [-0.2, -0.15) is 0 Å². The summed E-state index contributed by atoms with van der Waals surface area (Å²) >= 11 is 5.77. The van der Waals surface area contributed by atoms with Crippen LogP contribution in [0, 0.1) is 6.92 Å². The number of nitrogens with one attached hydrogen (secondary N) is 1. The number of anilines is 1. The fourth-order valence-electron chi connectivity index (χ4n) is 1.42. The van der Waals surface area contributed by atoms with Crippen molar-refractivity contribution in [2.24, 2.45) is 0 Å². The molecule has 0 bridgehead atoms. The second-order valence-electron chi connectivity index (χ2n) is 3.76. The van der Waals surface area contributed by atoms with Gasteiger partial charge in [-0.1, -0.05) is 29.8 Å². The molecule has 0 saturated heterocycles. The van der Waals surface area contributed by atoms with Gasteiger partial charge in [0.25, 0.3) is 10.0 Å². The molecule has 5 heteroatoms. The van der Waals surface area contributed by atoms with Crippen LogP contribution in [0.2, 0.25) is 5.02 Å². The highest BCUT2D eigenvalue weighted by atomic mass is 35.5. The van der Waals surface area contributed by atoms with E-state index in [-0.39, 0.29) is 4.90 Å². The standard InChI is InChI=1S/C13H11ClNO2S/c1-10-5-7-12(8-6-10)15-18(16,17)13-4-2-3-11(14)9-13/h2-9,15H,1H2. The fourth-order valence-corrected chi connectivity index (χ4v) is 2.78. The Balaban J connectivity index is 2.30. The fraction of sp³-hybridized carbons (Fsp3) is 0. The predicted octanol–water partition coefficient (Wildman–Crippen LogP) is 3.32. The second kappa shape index (κ2) is 5.00. The number of halogens is 1. The molecule has 2 aromatic carbocycles. The first-order valence-electron chi connectivity index (χ1n) is 5.18. The minimum Gasteiger partial charge on any atom is -0.280 e. The maximum Gasteiger partial charge on any atom is 0.261 e. The first-order valence-corrected chi connectivity index (χ1v) is 7.04. The number of sulfonamides is 1. The molecule has 93 valence electrons. The van der Waals surface area contributed by atoms with Gasteiger partial charge < -0.3 is 0 Å². The Kier molecular flexibility index (Phi) is 3.59. The molecule has 0 aliphatic carbocycles. The minimum absolute atomic E-state index is 0.133. The SMILES string of the molecule is [CH2]c1ccc(NS(=O)(=O)c2cccc(Cl)c2)cc1. The van der Waals surface area contributed by atoms with Gasteiger partial charge >= 0.3 is 0 Å². The molecule has 0 amide bonds. The molecule has 2 aromatic rings. The summed E-state index contributed by atoms with van der Waals surface area (Å²) in [6.07, 6.45) is 0. The summed E-state index contributed by atoms with van der Waals surface area (Å²) in [4.78, 5) is 0.133. The van der Waals surface area contributed by atoms with Crippen LogP contribution in [0.3, 0.4) is 0 Å². The molecule has 0 aliphatic rings. The highest BCUT2D eigenvalue weighted by Crippen LogP contribution is 2.19. The van der Waals surface area contributed by atoms with Crippen molar-refractivity contribution in [3.8, 4) is 0 Å². The number of hydrogen-bond acceptors (Lipinski definition) is 2. The summed E-state index contributed by atoms with van der Waals surface area (Å²) in [7, 11) is -3.60. The average Bonchev–Trinajstić information content (AvgIpc) is 2.32. The molecular weight excluding hydrogens is 270 g/mol. The Hall–Kier alpha value is -1.52. The Morgan fingerprint density at radius 3 is 2.33 bits per heavy atom. The summed E-state index contributed by atoms with van der Waals surface area (Å²) in [5.41, 5.74) is 1.31. The zero-order valence-electron chi connectivity index (χ0n) is 9.43. The lowest BCUT2D eigenvalue weighted by atomic mass is 10.2. The monoisotopic (exact) mass is 280 g/mol. The van der Waals surface area contributed by atoms with E-state index < -0.39 is 10.0 Å². The Morgan fingerprint density at radius 1 is 1.06 bits per heavy atom. The summed E-state index contributed by atoms with van der Waals surface area (Å²) in [5.74, 6) is 0. The van der Waals surface area contributed by atoms with Crippen molar-refractivity contribution in [3.63, 3.8) is 0 Å². The molecule has 0 aromatic heterocycles. The molecule has 0 unspecified atom stereocenters. The predicted molar refractivity (Wildman–Crippen MR) is 73.2 cm³/mol. The van der Waals surface area contributed by atoms with Crippen molar-refractivity contribution >= 4 is 27.3 Å². The zero-order chi connectivity index (χ0) is 13.2. The molecule has 2 rings (SSSR count). The highest BCUT2D eigenvalue weighted by Gasteiger charge is 2.14. The van der Waals surface area contributed by atoms with E-state index in [1.54, 1.807) is 36.4 Å². The van der Waals surface area contributed by atoms with Crippen LogP contribution in [0.15, 0.2) is 53.4 Å². The number of benzene rings is 2. The summed E-state index contributed by atoms with van der Waals surface area (Å²) in [6, 6.07) is 12.9. The van der Waals surface area contributed by atoms with E-state index in [0.29, 0.717) is 10.7 Å². The lowest BCUT2D eigenvalue weighted by molar-refractivity contribution is 0.601. The highest BCUT2D eigenvalue weighted by molar-refractivity contribution is 7.92. The maximum atomic E-state index is 12.1. The quantitative estimate of drug-likeness (QED) is 0.937. The number of rotatable bonds is 3. The molecule has 0 atom stereocenters. The Labute approximate surface area is 111 Å². The van der Waals surface area contributed by atoms with Gasteiger partial charge in [0.05, 0.1) is 4.90 Å². The van der Waals surface area contributed by atoms with Gasteiger partial charge in [-0.3, -0.25) is 4.72 Å². The summed E-state index contributed by atoms with van der Waals surface area (Å²) in [5, 5.41) is 0.381. The van der Waals surface area contributed by atoms with Gasteiger partial charge in [0.15, 0.2) is 0 Å². The van der Waals surface area contributed by atoms with Crippen molar-refractivity contribution in [2.45, 2.75) is 4.90 Å². The van der Waals surface area contributed by atoms with Crippen molar-refractivity contribution in [1.82, 2.24) is 0 Å². The third-order valence-corrected chi connectivity index (χ3v) is 3.93. The first-order chi connectivity index (χ1) is 8.47. The van der Waals surface area contributed by atoms with Crippen molar-refractivity contribution < 1.29 is 8.42 Å². The van der Waals surface area contributed by atoms with E-state index in [1.165, 1.54) is 12.1 Å². The molecule has 0 heterocycles. The van der Waals surface area contributed by atoms with Gasteiger partial charge in [-0.25, -0.2) is 8.42 Å². The van der Waals surface area contributed by atoms with E-state index in [1.807, 2.05) is 0 Å². The molecule has 3 nitrogen and oxygen atoms in total. The van der Waals surface area contributed by atoms with Crippen LogP contribution in [-0.2, 0) is 10.0 Å². The smallest absolute Gasteiger partial charge is 0.261 e. The van der Waals surface area contributed by atoms with E-state index in [4.69, 9.17) is 11.6 Å². The van der Waals surface area contributed by atoms with Crippen LogP contribution in [0.25, 0.3) is 0 Å². The maximum absolute atomic E-state index is 12.1. The third kappa shape index (κ3) is 3.03. The van der Waals surface area contributed by atoms with Crippen LogP contribution in [0.1, 0.15) is 5.56 Å². The largest absolute Gasteiger partial charge is 0.280 e. The van der Waals surface area contributed by atoms with Gasteiger partial charge in [0.1, 0.15) is 0 Å². The van der Waals surface area contributed by atoms with Crippen molar-refractivity contribution in [3.05, 3.63) is 66.0 Å².